The number of fused-ring (bicyclic) bond motifs is 5. The fourth-order valence-corrected chi connectivity index (χ4v) is 6.39. The van der Waals surface area contributed by atoms with Gasteiger partial charge in [-0.1, -0.05) is 38.5 Å². The molecular weight excluding hydrogens is 428 g/mol. The monoisotopic (exact) mass is 466 g/mol. The number of nitrogens with zero attached hydrogens (tertiary/aromatic N) is 3. The van der Waals surface area contributed by atoms with Crippen LogP contribution >= 0.6 is 0 Å². The Hall–Kier alpha value is -2.51. The molecule has 34 heavy (non-hydrogen) atoms. The van der Waals surface area contributed by atoms with Gasteiger partial charge in [0.1, 0.15) is 0 Å². The van der Waals surface area contributed by atoms with Gasteiger partial charge < -0.3 is 10.4 Å². The van der Waals surface area contributed by atoms with Crippen LogP contribution in [0.1, 0.15) is 45.1 Å². The number of likely N-dealkylation sites (tertiary alicyclic amines) is 1. The summed E-state index contributed by atoms with van der Waals surface area (Å²) in [5.74, 6) is 1.63. The summed E-state index contributed by atoms with van der Waals surface area (Å²) in [6, 6.07) is 9.92. The molecule has 3 aliphatic rings. The highest BCUT2D eigenvalue weighted by Gasteiger charge is 2.47. The predicted octanol–water partition coefficient (Wildman–Crippen LogP) is 3.38. The lowest BCUT2D eigenvalue weighted by Crippen LogP contribution is -2.65. The number of carbonyl (C=O) groups excluding carboxylic acids is 1. The molecule has 0 saturated carbocycles. The van der Waals surface area contributed by atoms with E-state index in [4.69, 9.17) is 9.90 Å². The van der Waals surface area contributed by atoms with Gasteiger partial charge in [0.05, 0.1) is 0 Å². The van der Waals surface area contributed by atoms with Gasteiger partial charge in [0.15, 0.2) is 0 Å². The highest BCUT2D eigenvalue weighted by Crippen LogP contribution is 2.41. The number of carboxylic acid groups (broad SMARTS) is 1. The summed E-state index contributed by atoms with van der Waals surface area (Å²) in [6.07, 6.45) is 9.17. The Balaban J connectivity index is 0.000000868. The molecule has 1 aromatic carbocycles. The van der Waals surface area contributed by atoms with Crippen LogP contribution in [0, 0.1) is 17.8 Å². The molecule has 5 rings (SSSR count). The molecule has 4 atom stereocenters. The van der Waals surface area contributed by atoms with E-state index in [1.807, 2.05) is 26.2 Å². The van der Waals surface area contributed by atoms with E-state index in [0.717, 1.165) is 25.6 Å². The number of benzene rings is 1. The Morgan fingerprint density at radius 2 is 2.03 bits per heavy atom. The van der Waals surface area contributed by atoms with E-state index in [-0.39, 0.29) is 18.3 Å². The third-order valence-electron chi connectivity index (χ3n) is 7.87. The maximum atomic E-state index is 12.3. The first-order valence-corrected chi connectivity index (χ1v) is 12.7. The Morgan fingerprint density at radius 1 is 1.24 bits per heavy atom. The molecule has 0 spiro atoms. The maximum Gasteiger partial charge on any atom is 0.290 e. The number of carbonyl (C=O) groups is 2. The van der Waals surface area contributed by atoms with Gasteiger partial charge in [0.2, 0.25) is 5.91 Å². The molecule has 0 unspecified atom stereocenters. The summed E-state index contributed by atoms with van der Waals surface area (Å²) >= 11 is 0. The smallest absolute Gasteiger partial charge is 0.290 e. The SMILES string of the molecule is CC(C)C(=O)NC[C@H]1[C@H]2C[C@H](CN(Cc3cccc4cnccc34)C2)[C@@H]2CCCCN21.O=CO. The Bertz CT molecular complexity index is 976. The summed E-state index contributed by atoms with van der Waals surface area (Å²) in [6.45, 7) is 9.06. The largest absolute Gasteiger partial charge is 0.483 e. The number of nitrogens with one attached hydrogen (secondary N) is 1. The van der Waals surface area contributed by atoms with E-state index >= 15 is 0 Å². The number of pyridine rings is 1. The van der Waals surface area contributed by atoms with E-state index in [9.17, 15) is 4.79 Å². The molecule has 1 amide bonds. The summed E-state index contributed by atoms with van der Waals surface area (Å²) in [4.78, 5) is 30.4. The zero-order chi connectivity index (χ0) is 24.1. The standard InChI is InChI=1S/C26H36N4O.CH2O2/c1-18(2)26(31)28-14-25-22-12-21(24-8-3-4-11-30(24)25)16-29(17-22)15-20-7-5-6-19-13-27-10-9-23(19)20;2-1-3/h5-7,9-10,13,18,21-22,24-25H,3-4,8,11-12,14-17H2,1-2H3,(H,28,31);1H,(H,2,3)/t21-,22+,24+,25+;/m1./s1. The van der Waals surface area contributed by atoms with Crippen LogP contribution in [0.25, 0.3) is 10.8 Å². The molecule has 2 aromatic rings. The molecule has 4 heterocycles. The second-order valence-corrected chi connectivity index (χ2v) is 10.3. The maximum absolute atomic E-state index is 12.3. The van der Waals surface area contributed by atoms with Gasteiger partial charge in [-0.05, 0) is 54.7 Å². The van der Waals surface area contributed by atoms with Gasteiger partial charge >= 0.3 is 0 Å². The van der Waals surface area contributed by atoms with Crippen molar-refractivity contribution in [2.24, 2.45) is 17.8 Å². The first kappa shape index (κ1) is 24.6. The Kier molecular flexibility index (Phi) is 8.16. The molecule has 1 aromatic heterocycles. The average Bonchev–Trinajstić information content (AvgIpc) is 2.84. The highest BCUT2D eigenvalue weighted by atomic mass is 16.3. The van der Waals surface area contributed by atoms with Crippen molar-refractivity contribution < 1.29 is 14.7 Å². The zero-order valence-electron chi connectivity index (χ0n) is 20.4. The van der Waals surface area contributed by atoms with Gasteiger partial charge in [-0.25, -0.2) is 0 Å². The lowest BCUT2D eigenvalue weighted by molar-refractivity contribution is -0.125. The molecular formula is C27H38N4O3. The summed E-state index contributed by atoms with van der Waals surface area (Å²) in [5, 5.41) is 12.7. The highest BCUT2D eigenvalue weighted by molar-refractivity contribution is 5.84. The number of hydrogen-bond donors (Lipinski definition) is 2. The van der Waals surface area contributed by atoms with Crippen LogP contribution in [0.3, 0.4) is 0 Å². The molecule has 3 aliphatic heterocycles. The number of aromatic nitrogens is 1. The van der Waals surface area contributed by atoms with Crippen molar-refractivity contribution in [3.05, 3.63) is 42.2 Å². The summed E-state index contributed by atoms with van der Waals surface area (Å²) < 4.78 is 0. The van der Waals surface area contributed by atoms with Gasteiger partial charge in [0, 0.05) is 62.0 Å². The molecule has 184 valence electrons. The molecule has 2 bridgehead atoms. The van der Waals surface area contributed by atoms with Crippen molar-refractivity contribution in [3.8, 4) is 0 Å². The van der Waals surface area contributed by atoms with E-state index in [2.05, 4.69) is 44.4 Å². The number of hydrogen-bond acceptors (Lipinski definition) is 5. The van der Waals surface area contributed by atoms with Crippen molar-refractivity contribution in [2.45, 2.75) is 58.2 Å². The van der Waals surface area contributed by atoms with Gasteiger partial charge in [-0.2, -0.15) is 0 Å². The minimum absolute atomic E-state index is 0.0530. The number of amides is 1. The van der Waals surface area contributed by atoms with Crippen molar-refractivity contribution in [1.29, 1.82) is 0 Å². The topological polar surface area (TPSA) is 85.8 Å². The van der Waals surface area contributed by atoms with Gasteiger partial charge in [0.25, 0.3) is 6.47 Å². The third-order valence-corrected chi connectivity index (χ3v) is 7.87. The van der Waals surface area contributed by atoms with Crippen LogP contribution < -0.4 is 5.32 Å². The molecule has 0 radical (unpaired) electrons. The summed E-state index contributed by atoms with van der Waals surface area (Å²) in [5.41, 5.74) is 1.41. The molecule has 3 fully saturated rings. The fourth-order valence-electron chi connectivity index (χ4n) is 6.39. The van der Waals surface area contributed by atoms with Crippen LogP contribution in [0.15, 0.2) is 36.7 Å². The van der Waals surface area contributed by atoms with Crippen LogP contribution in [0.5, 0.6) is 0 Å². The average molecular weight is 467 g/mol. The van der Waals surface area contributed by atoms with Crippen LogP contribution in [0.2, 0.25) is 0 Å². The molecule has 2 N–H and O–H groups in total. The van der Waals surface area contributed by atoms with E-state index in [1.165, 1.54) is 55.1 Å². The van der Waals surface area contributed by atoms with E-state index in [0.29, 0.717) is 18.0 Å². The van der Waals surface area contributed by atoms with E-state index < -0.39 is 0 Å². The minimum Gasteiger partial charge on any atom is -0.483 e. The minimum atomic E-state index is -0.250. The lowest BCUT2D eigenvalue weighted by Gasteiger charge is -2.57. The molecule has 7 nitrogen and oxygen atoms in total. The number of piperidine rings is 3. The second-order valence-electron chi connectivity index (χ2n) is 10.3. The Morgan fingerprint density at radius 3 is 2.82 bits per heavy atom. The normalized spacial score (nSPS) is 26.9. The molecule has 0 aliphatic carbocycles. The van der Waals surface area contributed by atoms with Crippen molar-refractivity contribution in [1.82, 2.24) is 20.1 Å². The lowest BCUT2D eigenvalue weighted by atomic mass is 9.72. The van der Waals surface area contributed by atoms with Gasteiger partial charge in [-0.3, -0.25) is 24.4 Å². The predicted molar refractivity (Wildman–Crippen MR) is 133 cm³/mol. The number of rotatable bonds is 5. The second kappa shape index (κ2) is 11.3. The van der Waals surface area contributed by atoms with Crippen molar-refractivity contribution in [2.75, 3.05) is 26.2 Å². The zero-order valence-corrected chi connectivity index (χ0v) is 20.4. The molecule has 7 heteroatoms. The van der Waals surface area contributed by atoms with Crippen molar-refractivity contribution in [3.63, 3.8) is 0 Å². The quantitative estimate of drug-likeness (QED) is 0.657. The third kappa shape index (κ3) is 5.41. The van der Waals surface area contributed by atoms with Gasteiger partial charge in [-0.15, -0.1) is 0 Å². The molecule has 3 saturated heterocycles. The summed E-state index contributed by atoms with van der Waals surface area (Å²) in [7, 11) is 0. The fraction of sp³-hybridized carbons (Fsp3) is 0.593. The van der Waals surface area contributed by atoms with E-state index in [1.54, 1.807) is 0 Å². The van der Waals surface area contributed by atoms with Crippen LogP contribution in [0.4, 0.5) is 0 Å². The first-order valence-electron chi connectivity index (χ1n) is 12.7. The Labute approximate surface area is 202 Å². The van der Waals surface area contributed by atoms with Crippen LogP contribution in [-0.2, 0) is 16.1 Å². The first-order chi connectivity index (χ1) is 16.5. The van der Waals surface area contributed by atoms with Crippen LogP contribution in [-0.4, -0.2) is 70.5 Å². The van der Waals surface area contributed by atoms with Crippen molar-refractivity contribution >= 4 is 23.2 Å².